The summed E-state index contributed by atoms with van der Waals surface area (Å²) in [4.78, 5) is 31.6. The van der Waals surface area contributed by atoms with Crippen molar-refractivity contribution in [2.24, 2.45) is 5.41 Å². The van der Waals surface area contributed by atoms with Gasteiger partial charge < -0.3 is 15.3 Å². The molecule has 2 fully saturated rings. The second kappa shape index (κ2) is 8.68. The van der Waals surface area contributed by atoms with E-state index in [-0.39, 0.29) is 29.4 Å². The second-order valence-electron chi connectivity index (χ2n) is 9.35. The van der Waals surface area contributed by atoms with Crippen LogP contribution in [0.5, 0.6) is 0 Å². The Bertz CT molecular complexity index is 1260. The van der Waals surface area contributed by atoms with Crippen LogP contribution in [0.25, 0.3) is 11.3 Å². The summed E-state index contributed by atoms with van der Waals surface area (Å²) in [5.41, 5.74) is -0.347. The molecule has 1 saturated carbocycles. The number of nitrogens with one attached hydrogen (secondary N) is 1. The first-order valence-electron chi connectivity index (χ1n) is 11.5. The average molecular weight is 463 g/mol. The summed E-state index contributed by atoms with van der Waals surface area (Å²) in [6.07, 6.45) is 3.33. The molecule has 34 heavy (non-hydrogen) atoms. The average Bonchev–Trinajstić information content (AvgIpc) is 3.63. The fraction of sp³-hybridized carbons (Fsp3) is 0.346. The highest BCUT2D eigenvalue weighted by molar-refractivity contribution is 5.74. The van der Waals surface area contributed by atoms with Crippen molar-refractivity contribution in [2.75, 3.05) is 13.1 Å². The normalized spacial score (nSPS) is 20.8. The first-order valence-corrected chi connectivity index (χ1v) is 11.5. The third-order valence-electron chi connectivity index (χ3n) is 7.16. The molecule has 2 aromatic carbocycles. The van der Waals surface area contributed by atoms with E-state index < -0.39 is 16.8 Å². The third kappa shape index (κ3) is 4.21. The van der Waals surface area contributed by atoms with Crippen molar-refractivity contribution in [3.05, 3.63) is 88.7 Å². The van der Waals surface area contributed by atoms with Gasteiger partial charge >= 0.3 is 6.03 Å². The first-order chi connectivity index (χ1) is 16.4. The summed E-state index contributed by atoms with van der Waals surface area (Å²) in [7, 11) is 0. The molecule has 5 rings (SSSR count). The molecule has 3 aromatic rings. The van der Waals surface area contributed by atoms with Crippen LogP contribution in [-0.2, 0) is 13.1 Å². The number of carbonyl (C=O) groups excluding carboxylic acids is 1. The van der Waals surface area contributed by atoms with Crippen molar-refractivity contribution < 1.29 is 14.3 Å². The van der Waals surface area contributed by atoms with Crippen LogP contribution < -0.4 is 10.9 Å². The van der Waals surface area contributed by atoms with Crippen LogP contribution in [0.2, 0.25) is 0 Å². The molecule has 2 aliphatic rings. The summed E-state index contributed by atoms with van der Waals surface area (Å²) in [6.45, 7) is 1.38. The predicted octanol–water partition coefficient (Wildman–Crippen LogP) is 3.18. The molecule has 1 atom stereocenters. The number of piperidine rings is 1. The molecule has 1 aliphatic carbocycles. The Morgan fingerprint density at radius 3 is 2.53 bits per heavy atom. The number of hydrogen-bond donors (Lipinski definition) is 2. The van der Waals surface area contributed by atoms with Gasteiger partial charge in [0.2, 0.25) is 0 Å². The summed E-state index contributed by atoms with van der Waals surface area (Å²) in [5.74, 6) is -0.444. The van der Waals surface area contributed by atoms with Gasteiger partial charge in [-0.25, -0.2) is 14.2 Å². The maximum Gasteiger partial charge on any atom is 0.317 e. The Kier molecular flexibility index (Phi) is 5.69. The Morgan fingerprint density at radius 2 is 1.82 bits per heavy atom. The molecule has 7 nitrogen and oxygen atoms in total. The molecule has 2 amide bonds. The van der Waals surface area contributed by atoms with Crippen LogP contribution in [0.1, 0.15) is 24.8 Å². The van der Waals surface area contributed by atoms with E-state index in [1.165, 1.54) is 23.0 Å². The minimum atomic E-state index is -1.12. The van der Waals surface area contributed by atoms with Gasteiger partial charge in [-0.3, -0.25) is 9.36 Å². The zero-order chi connectivity index (χ0) is 23.8. The van der Waals surface area contributed by atoms with Crippen molar-refractivity contribution >= 4 is 6.03 Å². The number of hydrogen-bond acceptors (Lipinski definition) is 4. The van der Waals surface area contributed by atoms with E-state index in [0.717, 1.165) is 18.4 Å². The van der Waals surface area contributed by atoms with E-state index in [2.05, 4.69) is 10.3 Å². The topological polar surface area (TPSA) is 87.5 Å². The predicted molar refractivity (Wildman–Crippen MR) is 125 cm³/mol. The lowest BCUT2D eigenvalue weighted by Gasteiger charge is -2.45. The lowest BCUT2D eigenvalue weighted by atomic mass is 9.77. The van der Waals surface area contributed by atoms with Gasteiger partial charge in [0.15, 0.2) is 0 Å². The summed E-state index contributed by atoms with van der Waals surface area (Å²) in [6, 6.07) is 17.0. The molecule has 176 valence electrons. The van der Waals surface area contributed by atoms with E-state index in [1.807, 2.05) is 30.3 Å². The van der Waals surface area contributed by atoms with Crippen molar-refractivity contribution in [1.82, 2.24) is 19.8 Å². The van der Waals surface area contributed by atoms with Crippen LogP contribution >= 0.6 is 0 Å². The number of rotatable bonds is 5. The lowest BCUT2D eigenvalue weighted by Crippen LogP contribution is -2.58. The van der Waals surface area contributed by atoms with Gasteiger partial charge in [-0.2, -0.15) is 0 Å². The van der Waals surface area contributed by atoms with E-state index in [1.54, 1.807) is 23.1 Å². The molecule has 2 N–H and O–H groups in total. The molecular weight excluding hydrogens is 435 g/mol. The second-order valence-corrected chi connectivity index (χ2v) is 9.35. The highest BCUT2D eigenvalue weighted by Crippen LogP contribution is 2.58. The molecule has 1 spiro atoms. The summed E-state index contributed by atoms with van der Waals surface area (Å²) in [5, 5.41) is 14.5. The zero-order valence-corrected chi connectivity index (χ0v) is 18.8. The number of aromatic nitrogens is 2. The molecule has 1 aliphatic heterocycles. The Balaban J connectivity index is 1.27. The van der Waals surface area contributed by atoms with E-state index >= 15 is 0 Å². The smallest absolute Gasteiger partial charge is 0.317 e. The SMILES string of the molecule is O=C(NCc1ccccc1)N1CCC(O)(Cn2cnc(-c3ccccc3F)cc2=O)C2(CC2)C1. The van der Waals surface area contributed by atoms with Crippen molar-refractivity contribution in [2.45, 2.75) is 38.0 Å². The molecular formula is C26H27FN4O3. The van der Waals surface area contributed by atoms with Crippen molar-refractivity contribution in [3.63, 3.8) is 0 Å². The first kappa shape index (κ1) is 22.3. The zero-order valence-electron chi connectivity index (χ0n) is 18.8. The van der Waals surface area contributed by atoms with E-state index in [0.29, 0.717) is 26.1 Å². The number of halogens is 1. The maximum atomic E-state index is 14.1. The Morgan fingerprint density at radius 1 is 1.09 bits per heavy atom. The highest BCUT2D eigenvalue weighted by Gasteiger charge is 2.61. The third-order valence-corrected chi connectivity index (χ3v) is 7.16. The van der Waals surface area contributed by atoms with Gasteiger partial charge in [0.25, 0.3) is 5.56 Å². The van der Waals surface area contributed by atoms with Crippen LogP contribution in [0.15, 0.2) is 71.8 Å². The van der Waals surface area contributed by atoms with Crippen LogP contribution in [0, 0.1) is 11.2 Å². The standard InChI is InChI=1S/C26H27FN4O3/c27-21-9-5-4-8-20(21)22-14-23(32)31(18-29-22)17-26(34)12-13-30(16-25(26)10-11-25)24(33)28-15-19-6-2-1-3-7-19/h1-9,14,18,34H,10-13,15-17H2,(H,28,33). The quantitative estimate of drug-likeness (QED) is 0.610. The van der Waals surface area contributed by atoms with E-state index in [4.69, 9.17) is 0 Å². The van der Waals surface area contributed by atoms with Crippen molar-refractivity contribution in [1.29, 1.82) is 0 Å². The highest BCUT2D eigenvalue weighted by atomic mass is 19.1. The monoisotopic (exact) mass is 462 g/mol. The largest absolute Gasteiger partial charge is 0.387 e. The van der Waals surface area contributed by atoms with Gasteiger partial charge in [-0.15, -0.1) is 0 Å². The molecule has 0 radical (unpaired) electrons. The van der Waals surface area contributed by atoms with Gasteiger partial charge in [-0.05, 0) is 37.0 Å². The molecule has 2 heterocycles. The number of amides is 2. The van der Waals surface area contributed by atoms with Gasteiger partial charge in [0.1, 0.15) is 5.82 Å². The summed E-state index contributed by atoms with van der Waals surface area (Å²) < 4.78 is 15.5. The minimum absolute atomic E-state index is 0.0931. The Labute approximate surface area is 196 Å². The van der Waals surface area contributed by atoms with Crippen molar-refractivity contribution in [3.8, 4) is 11.3 Å². The van der Waals surface area contributed by atoms with E-state index in [9.17, 15) is 19.1 Å². The minimum Gasteiger partial charge on any atom is -0.387 e. The van der Waals surface area contributed by atoms with Gasteiger partial charge in [0.05, 0.1) is 24.2 Å². The summed E-state index contributed by atoms with van der Waals surface area (Å²) >= 11 is 0. The van der Waals surface area contributed by atoms with Crippen LogP contribution in [0.3, 0.4) is 0 Å². The van der Waals surface area contributed by atoms with Gasteiger partial charge in [0, 0.05) is 36.7 Å². The molecule has 8 heteroatoms. The van der Waals surface area contributed by atoms with Crippen LogP contribution in [-0.4, -0.2) is 44.3 Å². The lowest BCUT2D eigenvalue weighted by molar-refractivity contribution is -0.0896. The number of carbonyl (C=O) groups is 1. The molecule has 1 aromatic heterocycles. The number of nitrogens with zero attached hydrogens (tertiary/aromatic N) is 3. The number of likely N-dealkylation sites (tertiary alicyclic amines) is 1. The molecule has 1 saturated heterocycles. The Hall–Kier alpha value is -3.52. The van der Waals surface area contributed by atoms with Crippen LogP contribution in [0.4, 0.5) is 9.18 Å². The number of aliphatic hydroxyl groups is 1. The van der Waals surface area contributed by atoms with Gasteiger partial charge in [-0.1, -0.05) is 42.5 Å². The molecule has 0 bridgehead atoms. The number of benzene rings is 2. The maximum absolute atomic E-state index is 14.1. The number of urea groups is 1. The fourth-order valence-corrected chi connectivity index (χ4v) is 4.90. The fourth-order valence-electron chi connectivity index (χ4n) is 4.90. The molecule has 1 unspecified atom stereocenters.